The molecule has 0 fully saturated rings. The van der Waals surface area contributed by atoms with E-state index in [1.54, 1.807) is 30.3 Å². The molecule has 1 amide bonds. The Labute approximate surface area is 134 Å². The van der Waals surface area contributed by atoms with Gasteiger partial charge in [-0.15, -0.1) is 6.42 Å². The van der Waals surface area contributed by atoms with Crippen LogP contribution in [0.5, 0.6) is 0 Å². The maximum absolute atomic E-state index is 11.7. The summed E-state index contributed by atoms with van der Waals surface area (Å²) in [4.78, 5) is 22.5. The van der Waals surface area contributed by atoms with Crippen molar-refractivity contribution in [3.63, 3.8) is 0 Å². The van der Waals surface area contributed by atoms with Crippen LogP contribution in [0.1, 0.15) is 5.56 Å². The number of rotatable bonds is 8. The van der Waals surface area contributed by atoms with E-state index in [0.717, 1.165) is 5.41 Å². The van der Waals surface area contributed by atoms with Crippen molar-refractivity contribution < 1.29 is 22.7 Å². The van der Waals surface area contributed by atoms with Crippen LogP contribution in [0.4, 0.5) is 0 Å². The Morgan fingerprint density at radius 3 is 2.61 bits per heavy atom. The third kappa shape index (κ3) is 8.40. The van der Waals surface area contributed by atoms with E-state index in [2.05, 4.69) is 16.0 Å². The Bertz CT molecular complexity index is 705. The lowest BCUT2D eigenvalue weighted by atomic mass is 10.2. The van der Waals surface area contributed by atoms with Gasteiger partial charge in [0.2, 0.25) is 10.0 Å². The van der Waals surface area contributed by atoms with E-state index in [0.29, 0.717) is 5.56 Å². The minimum Gasteiger partial charge on any atom is -0.455 e. The van der Waals surface area contributed by atoms with Crippen LogP contribution in [-0.4, -0.2) is 40.0 Å². The molecule has 0 saturated carbocycles. The summed E-state index contributed by atoms with van der Waals surface area (Å²) in [6, 6.07) is 8.80. The SMILES string of the molecule is C#CCNC(=O)COC(=O)CNS(=O)(=O)/C=C/c1ccccc1. The molecule has 0 aliphatic carbocycles. The molecule has 0 aliphatic heterocycles. The molecule has 0 radical (unpaired) electrons. The number of carbonyl (C=O) groups is 2. The fourth-order valence-electron chi connectivity index (χ4n) is 1.34. The average molecular weight is 336 g/mol. The largest absolute Gasteiger partial charge is 0.455 e. The maximum atomic E-state index is 11.7. The molecule has 0 saturated heterocycles. The van der Waals surface area contributed by atoms with Gasteiger partial charge in [0, 0.05) is 5.41 Å². The van der Waals surface area contributed by atoms with Gasteiger partial charge in [0.15, 0.2) is 6.61 Å². The standard InChI is InChI=1S/C15H16N2O5S/c1-2-9-16-14(18)12-22-15(19)11-17-23(20,21)10-8-13-6-4-3-5-7-13/h1,3-8,10,17H,9,11-12H2,(H,16,18)/b10-8+. The third-order valence-corrected chi connectivity index (χ3v) is 3.45. The zero-order valence-corrected chi connectivity index (χ0v) is 13.0. The number of carbonyl (C=O) groups excluding carboxylic acids is 2. The quantitative estimate of drug-likeness (QED) is 0.509. The van der Waals surface area contributed by atoms with E-state index in [1.807, 2.05) is 4.72 Å². The fraction of sp³-hybridized carbons (Fsp3) is 0.200. The molecule has 122 valence electrons. The van der Waals surface area contributed by atoms with E-state index in [4.69, 9.17) is 6.42 Å². The van der Waals surface area contributed by atoms with Gasteiger partial charge in [0.25, 0.3) is 5.91 Å². The van der Waals surface area contributed by atoms with Crippen molar-refractivity contribution in [1.29, 1.82) is 0 Å². The van der Waals surface area contributed by atoms with Gasteiger partial charge in [-0.25, -0.2) is 13.1 Å². The molecule has 1 rings (SSSR count). The van der Waals surface area contributed by atoms with Crippen LogP contribution < -0.4 is 10.0 Å². The van der Waals surface area contributed by atoms with Crippen molar-refractivity contribution in [2.75, 3.05) is 19.7 Å². The summed E-state index contributed by atoms with van der Waals surface area (Å²) >= 11 is 0. The molecule has 0 heterocycles. The van der Waals surface area contributed by atoms with Gasteiger partial charge in [0.1, 0.15) is 6.54 Å². The van der Waals surface area contributed by atoms with Crippen molar-refractivity contribution in [3.8, 4) is 12.3 Å². The highest BCUT2D eigenvalue weighted by atomic mass is 32.2. The summed E-state index contributed by atoms with van der Waals surface area (Å²) < 4.78 is 30.0. The molecule has 8 heteroatoms. The number of ether oxygens (including phenoxy) is 1. The van der Waals surface area contributed by atoms with E-state index < -0.39 is 35.1 Å². The number of sulfonamides is 1. The number of esters is 1. The highest BCUT2D eigenvalue weighted by molar-refractivity contribution is 7.92. The van der Waals surface area contributed by atoms with Crippen molar-refractivity contribution in [1.82, 2.24) is 10.0 Å². The van der Waals surface area contributed by atoms with Crippen LogP contribution in [0.25, 0.3) is 6.08 Å². The lowest BCUT2D eigenvalue weighted by Crippen LogP contribution is -2.33. The first kappa shape index (κ1) is 18.4. The Kier molecular flexibility index (Phi) is 7.53. The molecule has 7 nitrogen and oxygen atoms in total. The molecule has 0 spiro atoms. The normalized spacial score (nSPS) is 10.9. The van der Waals surface area contributed by atoms with Crippen LogP contribution in [0.2, 0.25) is 0 Å². The van der Waals surface area contributed by atoms with Gasteiger partial charge in [-0.2, -0.15) is 0 Å². The first-order valence-electron chi connectivity index (χ1n) is 6.51. The zero-order chi connectivity index (χ0) is 17.1. The number of benzene rings is 1. The minimum absolute atomic E-state index is 0.0211. The first-order valence-corrected chi connectivity index (χ1v) is 8.06. The molecule has 0 unspecified atom stereocenters. The lowest BCUT2D eigenvalue weighted by Gasteiger charge is -2.05. The second-order valence-electron chi connectivity index (χ2n) is 4.22. The van der Waals surface area contributed by atoms with Gasteiger partial charge in [-0.05, 0) is 11.6 Å². The van der Waals surface area contributed by atoms with Crippen LogP contribution in [0.15, 0.2) is 35.7 Å². The fourth-order valence-corrected chi connectivity index (χ4v) is 2.09. The highest BCUT2D eigenvalue weighted by Crippen LogP contribution is 2.02. The molecule has 2 N–H and O–H groups in total. The molecule has 0 aliphatic rings. The van der Waals surface area contributed by atoms with E-state index in [-0.39, 0.29) is 6.54 Å². The van der Waals surface area contributed by atoms with Crippen molar-refractivity contribution in [2.24, 2.45) is 0 Å². The van der Waals surface area contributed by atoms with Crippen LogP contribution in [0.3, 0.4) is 0 Å². The van der Waals surface area contributed by atoms with Gasteiger partial charge in [0.05, 0.1) is 6.54 Å². The first-order chi connectivity index (χ1) is 10.9. The molecule has 0 aromatic heterocycles. The van der Waals surface area contributed by atoms with Gasteiger partial charge >= 0.3 is 5.97 Å². The summed E-state index contributed by atoms with van der Waals surface area (Å²) in [6.07, 6.45) is 6.33. The lowest BCUT2D eigenvalue weighted by molar-refractivity contribution is -0.147. The Hall–Kier alpha value is -2.63. The van der Waals surface area contributed by atoms with Crippen LogP contribution in [-0.2, 0) is 24.3 Å². The summed E-state index contributed by atoms with van der Waals surface area (Å²) in [5, 5.41) is 3.24. The minimum atomic E-state index is -3.79. The predicted molar refractivity (Wildman–Crippen MR) is 85.2 cm³/mol. The average Bonchev–Trinajstić information content (AvgIpc) is 2.55. The van der Waals surface area contributed by atoms with Gasteiger partial charge < -0.3 is 10.1 Å². The number of amides is 1. The van der Waals surface area contributed by atoms with Crippen molar-refractivity contribution in [2.45, 2.75) is 0 Å². The molecule has 0 bridgehead atoms. The molecule has 23 heavy (non-hydrogen) atoms. The number of hydrogen-bond acceptors (Lipinski definition) is 5. The predicted octanol–water partition coefficient (Wildman–Crippen LogP) is -0.131. The summed E-state index contributed by atoms with van der Waals surface area (Å²) in [6.45, 7) is -1.08. The van der Waals surface area contributed by atoms with Crippen LogP contribution in [0, 0.1) is 12.3 Å². The molecule has 1 aromatic rings. The summed E-state index contributed by atoms with van der Waals surface area (Å²) in [7, 11) is -3.79. The second kappa shape index (κ2) is 9.40. The van der Waals surface area contributed by atoms with Crippen molar-refractivity contribution in [3.05, 3.63) is 41.3 Å². The Balaban J connectivity index is 2.38. The number of terminal acetylenes is 1. The zero-order valence-electron chi connectivity index (χ0n) is 12.2. The van der Waals surface area contributed by atoms with E-state index >= 15 is 0 Å². The van der Waals surface area contributed by atoms with Gasteiger partial charge in [-0.3, -0.25) is 9.59 Å². The Morgan fingerprint density at radius 2 is 1.96 bits per heavy atom. The molecule has 1 aromatic carbocycles. The second-order valence-corrected chi connectivity index (χ2v) is 5.87. The molecule has 0 atom stereocenters. The van der Waals surface area contributed by atoms with Crippen molar-refractivity contribution >= 4 is 28.0 Å². The number of hydrogen-bond donors (Lipinski definition) is 2. The maximum Gasteiger partial charge on any atom is 0.321 e. The number of nitrogens with one attached hydrogen (secondary N) is 2. The summed E-state index contributed by atoms with van der Waals surface area (Å²) in [5.74, 6) is 0.743. The van der Waals surface area contributed by atoms with E-state index in [1.165, 1.54) is 6.08 Å². The highest BCUT2D eigenvalue weighted by Gasteiger charge is 2.11. The van der Waals surface area contributed by atoms with Crippen LogP contribution >= 0.6 is 0 Å². The third-order valence-electron chi connectivity index (χ3n) is 2.41. The topological polar surface area (TPSA) is 102 Å². The monoisotopic (exact) mass is 336 g/mol. The van der Waals surface area contributed by atoms with Gasteiger partial charge in [-0.1, -0.05) is 36.3 Å². The molecular formula is C15H16N2O5S. The molecular weight excluding hydrogens is 320 g/mol. The van der Waals surface area contributed by atoms with E-state index in [9.17, 15) is 18.0 Å². The summed E-state index contributed by atoms with van der Waals surface area (Å²) in [5.41, 5.74) is 0.700. The smallest absolute Gasteiger partial charge is 0.321 e. The Morgan fingerprint density at radius 1 is 1.26 bits per heavy atom.